The van der Waals surface area contributed by atoms with Gasteiger partial charge in [0.05, 0.1) is 7.11 Å². The summed E-state index contributed by atoms with van der Waals surface area (Å²) in [6, 6.07) is 0. The Kier molecular flexibility index (Phi) is 2.62. The molecule has 0 N–H and O–H groups in total. The summed E-state index contributed by atoms with van der Waals surface area (Å²) in [5.74, 6) is 1.31. The summed E-state index contributed by atoms with van der Waals surface area (Å²) in [6.45, 7) is 1.91. The minimum Gasteiger partial charge on any atom is -0.466 e. The van der Waals surface area contributed by atoms with Crippen LogP contribution < -0.4 is 0 Å². The van der Waals surface area contributed by atoms with Gasteiger partial charge >= 0.3 is 5.97 Å². The second kappa shape index (κ2) is 3.76. The van der Waals surface area contributed by atoms with E-state index in [1.807, 2.05) is 6.92 Å². The van der Waals surface area contributed by atoms with E-state index in [9.17, 15) is 4.79 Å². The molecule has 2 nitrogen and oxygen atoms in total. The van der Waals surface area contributed by atoms with Crippen LogP contribution in [-0.2, 0) is 9.53 Å². The molecule has 2 aliphatic carbocycles. The third-order valence-corrected chi connectivity index (χ3v) is 3.63. The van der Waals surface area contributed by atoms with Crippen molar-refractivity contribution in [2.24, 2.45) is 11.8 Å². The number of carbonyl (C=O) groups excluding carboxylic acids is 1. The van der Waals surface area contributed by atoms with Crippen molar-refractivity contribution in [3.8, 4) is 0 Å². The molecule has 0 spiro atoms. The monoisotopic (exact) mass is 194 g/mol. The van der Waals surface area contributed by atoms with Crippen molar-refractivity contribution in [2.45, 2.75) is 39.0 Å². The van der Waals surface area contributed by atoms with Crippen LogP contribution in [0, 0.1) is 11.8 Å². The molecule has 0 aromatic rings. The Balaban J connectivity index is 2.10. The first-order valence-corrected chi connectivity index (χ1v) is 5.54. The number of fused-ring (bicyclic) bond motifs is 1. The fourth-order valence-corrected chi connectivity index (χ4v) is 2.82. The Morgan fingerprint density at radius 1 is 1.21 bits per heavy atom. The Labute approximate surface area is 85.3 Å². The van der Waals surface area contributed by atoms with Gasteiger partial charge in [0.15, 0.2) is 0 Å². The number of carbonyl (C=O) groups is 1. The normalized spacial score (nSPS) is 30.3. The second-order valence-electron chi connectivity index (χ2n) is 4.42. The molecular weight excluding hydrogens is 176 g/mol. The number of rotatable bonds is 1. The van der Waals surface area contributed by atoms with E-state index in [2.05, 4.69) is 0 Å². The highest BCUT2D eigenvalue weighted by molar-refractivity contribution is 5.89. The summed E-state index contributed by atoms with van der Waals surface area (Å²) >= 11 is 0. The van der Waals surface area contributed by atoms with E-state index in [0.29, 0.717) is 0 Å². The van der Waals surface area contributed by atoms with Crippen molar-refractivity contribution in [1.82, 2.24) is 0 Å². The van der Waals surface area contributed by atoms with Gasteiger partial charge in [0.1, 0.15) is 0 Å². The molecule has 0 aromatic heterocycles. The summed E-state index contributed by atoms with van der Waals surface area (Å²) in [4.78, 5) is 11.3. The van der Waals surface area contributed by atoms with Crippen LogP contribution in [0.15, 0.2) is 11.1 Å². The van der Waals surface area contributed by atoms with Crippen LogP contribution in [0.5, 0.6) is 0 Å². The first-order chi connectivity index (χ1) is 6.75. The zero-order valence-corrected chi connectivity index (χ0v) is 9.01. The summed E-state index contributed by atoms with van der Waals surface area (Å²) in [5.41, 5.74) is 2.28. The molecule has 0 amide bonds. The van der Waals surface area contributed by atoms with E-state index < -0.39 is 0 Å². The number of allylic oxidation sites excluding steroid dienone is 1. The van der Waals surface area contributed by atoms with E-state index in [4.69, 9.17) is 4.74 Å². The summed E-state index contributed by atoms with van der Waals surface area (Å²) in [7, 11) is 1.46. The van der Waals surface area contributed by atoms with E-state index in [1.165, 1.54) is 44.8 Å². The lowest BCUT2D eigenvalue weighted by Gasteiger charge is -1.99. The van der Waals surface area contributed by atoms with Gasteiger partial charge in [0, 0.05) is 5.57 Å². The molecule has 0 aromatic carbocycles. The number of esters is 1. The van der Waals surface area contributed by atoms with Gasteiger partial charge < -0.3 is 4.74 Å². The van der Waals surface area contributed by atoms with Gasteiger partial charge in [-0.1, -0.05) is 24.8 Å². The minimum atomic E-state index is -0.131. The summed E-state index contributed by atoms with van der Waals surface area (Å²) < 4.78 is 4.75. The lowest BCUT2D eigenvalue weighted by Crippen LogP contribution is -2.02. The molecule has 2 aliphatic rings. The molecule has 14 heavy (non-hydrogen) atoms. The summed E-state index contributed by atoms with van der Waals surface area (Å²) in [5, 5.41) is 0. The van der Waals surface area contributed by atoms with Crippen LogP contribution in [0.1, 0.15) is 39.0 Å². The Morgan fingerprint density at radius 3 is 2.29 bits per heavy atom. The van der Waals surface area contributed by atoms with Crippen molar-refractivity contribution in [2.75, 3.05) is 7.11 Å². The number of hydrogen-bond donors (Lipinski definition) is 0. The highest BCUT2D eigenvalue weighted by Gasteiger charge is 2.45. The zero-order valence-electron chi connectivity index (χ0n) is 9.01. The third-order valence-electron chi connectivity index (χ3n) is 3.63. The SMILES string of the molecule is COC(=O)C(C)=C1C2CCCCCC12. The number of hydrogen-bond acceptors (Lipinski definition) is 2. The Bertz CT molecular complexity index is 264. The van der Waals surface area contributed by atoms with Gasteiger partial charge in [0.25, 0.3) is 0 Å². The molecule has 0 heterocycles. The van der Waals surface area contributed by atoms with E-state index in [-0.39, 0.29) is 5.97 Å². The zero-order chi connectivity index (χ0) is 10.1. The smallest absolute Gasteiger partial charge is 0.333 e. The predicted octanol–water partition coefficient (Wildman–Crippen LogP) is 2.69. The van der Waals surface area contributed by atoms with Gasteiger partial charge in [-0.15, -0.1) is 0 Å². The van der Waals surface area contributed by atoms with Gasteiger partial charge in [-0.05, 0) is 31.6 Å². The van der Waals surface area contributed by atoms with Crippen LogP contribution in [-0.4, -0.2) is 13.1 Å². The maximum absolute atomic E-state index is 11.3. The minimum absolute atomic E-state index is 0.131. The van der Waals surface area contributed by atoms with Crippen molar-refractivity contribution < 1.29 is 9.53 Å². The number of methoxy groups -OCH3 is 1. The van der Waals surface area contributed by atoms with Crippen molar-refractivity contribution in [3.63, 3.8) is 0 Å². The first kappa shape index (κ1) is 9.75. The topological polar surface area (TPSA) is 26.3 Å². The van der Waals surface area contributed by atoms with Gasteiger partial charge in [-0.2, -0.15) is 0 Å². The van der Waals surface area contributed by atoms with Crippen molar-refractivity contribution in [3.05, 3.63) is 11.1 Å². The van der Waals surface area contributed by atoms with Crippen LogP contribution in [0.2, 0.25) is 0 Å². The first-order valence-electron chi connectivity index (χ1n) is 5.54. The average Bonchev–Trinajstić information content (AvgIpc) is 2.89. The van der Waals surface area contributed by atoms with Gasteiger partial charge in [-0.3, -0.25) is 0 Å². The molecule has 2 heteroatoms. The van der Waals surface area contributed by atoms with Crippen LogP contribution in [0.25, 0.3) is 0 Å². The molecule has 0 aliphatic heterocycles. The Morgan fingerprint density at radius 2 is 1.79 bits per heavy atom. The van der Waals surface area contributed by atoms with Crippen LogP contribution in [0.4, 0.5) is 0 Å². The maximum Gasteiger partial charge on any atom is 0.333 e. The molecule has 0 bridgehead atoms. The van der Waals surface area contributed by atoms with Crippen LogP contribution >= 0.6 is 0 Å². The molecule has 2 saturated carbocycles. The molecule has 2 atom stereocenters. The largest absolute Gasteiger partial charge is 0.466 e. The van der Waals surface area contributed by atoms with Crippen molar-refractivity contribution in [1.29, 1.82) is 0 Å². The van der Waals surface area contributed by atoms with Crippen molar-refractivity contribution >= 4 is 5.97 Å². The summed E-state index contributed by atoms with van der Waals surface area (Å²) in [6.07, 6.45) is 6.61. The lowest BCUT2D eigenvalue weighted by atomic mass is 10.1. The second-order valence-corrected chi connectivity index (χ2v) is 4.42. The third kappa shape index (κ3) is 1.58. The molecule has 0 saturated heterocycles. The molecule has 2 unspecified atom stereocenters. The highest BCUT2D eigenvalue weighted by atomic mass is 16.5. The fraction of sp³-hybridized carbons (Fsp3) is 0.750. The standard InChI is InChI=1S/C12H18O2/c1-8(12(13)14-2)11-9-6-4-3-5-7-10(9)11/h9-10H,3-7H2,1-2H3. The molecule has 2 rings (SSSR count). The van der Waals surface area contributed by atoms with Gasteiger partial charge in [-0.25, -0.2) is 4.79 Å². The molecule has 2 fully saturated rings. The van der Waals surface area contributed by atoms with Gasteiger partial charge in [0.2, 0.25) is 0 Å². The van der Waals surface area contributed by atoms with E-state index in [1.54, 1.807) is 0 Å². The predicted molar refractivity (Wildman–Crippen MR) is 54.8 cm³/mol. The number of ether oxygens (including phenoxy) is 1. The maximum atomic E-state index is 11.3. The van der Waals surface area contributed by atoms with E-state index in [0.717, 1.165) is 17.4 Å². The highest BCUT2D eigenvalue weighted by Crippen LogP contribution is 2.55. The lowest BCUT2D eigenvalue weighted by molar-refractivity contribution is -0.136. The van der Waals surface area contributed by atoms with Crippen LogP contribution in [0.3, 0.4) is 0 Å². The Hall–Kier alpha value is -0.790. The molecular formula is C12H18O2. The molecule has 0 radical (unpaired) electrons. The average molecular weight is 194 g/mol. The fourth-order valence-electron chi connectivity index (χ4n) is 2.82. The molecule has 78 valence electrons. The van der Waals surface area contributed by atoms with E-state index >= 15 is 0 Å². The quantitative estimate of drug-likeness (QED) is 0.474.